The van der Waals surface area contributed by atoms with Crippen LogP contribution in [0.4, 0.5) is 0 Å². The molecular formula is C17H25N3O4S. The van der Waals surface area contributed by atoms with E-state index in [1.54, 1.807) is 24.0 Å². The second-order valence-corrected chi connectivity index (χ2v) is 8.23. The molecule has 0 aromatic heterocycles. The maximum Gasteiger partial charge on any atom is 0.240 e. The summed E-state index contributed by atoms with van der Waals surface area (Å²) in [6.45, 7) is 4.47. The van der Waals surface area contributed by atoms with Crippen molar-refractivity contribution < 1.29 is 18.0 Å². The SMILES string of the molecule is Cc1ccc(C)c(S(=O)(=O)NCCC(=O)N2CCC[C@H](C(N)=O)C2)c1. The van der Waals surface area contributed by atoms with Gasteiger partial charge in [-0.15, -0.1) is 0 Å². The van der Waals surface area contributed by atoms with Crippen LogP contribution in [0.3, 0.4) is 0 Å². The Kier molecular flexibility index (Phi) is 6.18. The molecule has 1 aromatic carbocycles. The number of likely N-dealkylation sites (tertiary alicyclic amines) is 1. The van der Waals surface area contributed by atoms with E-state index in [1.165, 1.54) is 0 Å². The highest BCUT2D eigenvalue weighted by atomic mass is 32.2. The lowest BCUT2D eigenvalue weighted by molar-refractivity contribution is -0.134. The molecule has 1 atom stereocenters. The number of carbonyl (C=O) groups excluding carboxylic acids is 2. The molecule has 1 aromatic rings. The Labute approximate surface area is 148 Å². The van der Waals surface area contributed by atoms with Gasteiger partial charge in [-0.2, -0.15) is 0 Å². The number of nitrogens with zero attached hydrogens (tertiary/aromatic N) is 1. The van der Waals surface area contributed by atoms with Crippen molar-refractivity contribution in [1.29, 1.82) is 0 Å². The number of rotatable bonds is 6. The Hall–Kier alpha value is -1.93. The quantitative estimate of drug-likeness (QED) is 0.771. The monoisotopic (exact) mass is 367 g/mol. The molecule has 0 aliphatic carbocycles. The molecule has 0 radical (unpaired) electrons. The number of primary amides is 1. The standard InChI is InChI=1S/C17H25N3O4S/c1-12-5-6-13(2)15(10-12)25(23,24)19-8-7-16(21)20-9-3-4-14(11-20)17(18)22/h5-6,10,14,19H,3-4,7-9,11H2,1-2H3,(H2,18,22)/t14-/m0/s1. The van der Waals surface area contributed by atoms with E-state index in [4.69, 9.17) is 5.73 Å². The number of nitrogens with one attached hydrogen (secondary N) is 1. The van der Waals surface area contributed by atoms with Crippen molar-refractivity contribution >= 4 is 21.8 Å². The molecule has 7 nitrogen and oxygen atoms in total. The minimum absolute atomic E-state index is 0.0201. The number of benzene rings is 1. The van der Waals surface area contributed by atoms with Crippen LogP contribution in [0.15, 0.2) is 23.1 Å². The van der Waals surface area contributed by atoms with Crippen LogP contribution in [0, 0.1) is 19.8 Å². The third kappa shape index (κ3) is 5.02. The molecule has 0 unspecified atom stereocenters. The molecule has 0 bridgehead atoms. The number of hydrogen-bond acceptors (Lipinski definition) is 4. The molecule has 1 aliphatic heterocycles. The van der Waals surface area contributed by atoms with Crippen LogP contribution >= 0.6 is 0 Å². The Morgan fingerprint density at radius 3 is 2.72 bits per heavy atom. The fourth-order valence-corrected chi connectivity index (χ4v) is 4.32. The second kappa shape index (κ2) is 7.97. The smallest absolute Gasteiger partial charge is 0.240 e. The van der Waals surface area contributed by atoms with E-state index in [0.29, 0.717) is 25.1 Å². The summed E-state index contributed by atoms with van der Waals surface area (Å²) in [6.07, 6.45) is 1.47. The summed E-state index contributed by atoms with van der Waals surface area (Å²) in [5.74, 6) is -0.882. The Balaban J connectivity index is 1.92. The zero-order valence-corrected chi connectivity index (χ0v) is 15.4. The fourth-order valence-electron chi connectivity index (χ4n) is 2.96. The highest BCUT2D eigenvalue weighted by Gasteiger charge is 2.27. The Morgan fingerprint density at radius 1 is 1.32 bits per heavy atom. The van der Waals surface area contributed by atoms with Gasteiger partial charge >= 0.3 is 0 Å². The fraction of sp³-hybridized carbons (Fsp3) is 0.529. The van der Waals surface area contributed by atoms with Crippen LogP contribution in [0.2, 0.25) is 0 Å². The van der Waals surface area contributed by atoms with E-state index in [9.17, 15) is 18.0 Å². The molecule has 8 heteroatoms. The lowest BCUT2D eigenvalue weighted by atomic mass is 9.97. The molecule has 0 spiro atoms. The van der Waals surface area contributed by atoms with Crippen molar-refractivity contribution in [1.82, 2.24) is 9.62 Å². The highest BCUT2D eigenvalue weighted by Crippen LogP contribution is 2.18. The van der Waals surface area contributed by atoms with Gasteiger partial charge in [0, 0.05) is 26.1 Å². The summed E-state index contributed by atoms with van der Waals surface area (Å²) >= 11 is 0. The predicted molar refractivity (Wildman–Crippen MR) is 94.2 cm³/mol. The third-order valence-corrected chi connectivity index (χ3v) is 6.04. The second-order valence-electron chi connectivity index (χ2n) is 6.50. The molecule has 0 saturated carbocycles. The van der Waals surface area contributed by atoms with Gasteiger partial charge in [0.15, 0.2) is 0 Å². The number of aryl methyl sites for hydroxylation is 2. The van der Waals surface area contributed by atoms with Crippen LogP contribution in [-0.4, -0.2) is 44.8 Å². The topological polar surface area (TPSA) is 110 Å². The number of piperidine rings is 1. The van der Waals surface area contributed by atoms with Crippen LogP contribution in [-0.2, 0) is 19.6 Å². The van der Waals surface area contributed by atoms with E-state index in [0.717, 1.165) is 12.0 Å². The molecule has 3 N–H and O–H groups in total. The maximum absolute atomic E-state index is 12.4. The average molecular weight is 367 g/mol. The van der Waals surface area contributed by atoms with Crippen molar-refractivity contribution in [2.45, 2.75) is 38.0 Å². The van der Waals surface area contributed by atoms with E-state index in [-0.39, 0.29) is 29.7 Å². The molecule has 25 heavy (non-hydrogen) atoms. The molecule has 1 heterocycles. The van der Waals surface area contributed by atoms with E-state index in [1.807, 2.05) is 13.0 Å². The molecule has 1 saturated heterocycles. The van der Waals surface area contributed by atoms with E-state index >= 15 is 0 Å². The molecule has 1 aliphatic rings. The van der Waals surface area contributed by atoms with Gasteiger partial charge in [-0.05, 0) is 43.9 Å². The van der Waals surface area contributed by atoms with Crippen LogP contribution in [0.5, 0.6) is 0 Å². The average Bonchev–Trinajstić information content (AvgIpc) is 2.56. The van der Waals surface area contributed by atoms with Gasteiger partial charge < -0.3 is 10.6 Å². The van der Waals surface area contributed by atoms with Crippen molar-refractivity contribution in [2.24, 2.45) is 11.7 Å². The molecule has 2 rings (SSSR count). The maximum atomic E-state index is 12.4. The van der Waals surface area contributed by atoms with Gasteiger partial charge in [-0.1, -0.05) is 12.1 Å². The number of hydrogen-bond donors (Lipinski definition) is 2. The first-order valence-electron chi connectivity index (χ1n) is 8.34. The minimum Gasteiger partial charge on any atom is -0.369 e. The van der Waals surface area contributed by atoms with Gasteiger partial charge in [0.2, 0.25) is 21.8 Å². The first kappa shape index (κ1) is 19.4. The van der Waals surface area contributed by atoms with E-state index in [2.05, 4.69) is 4.72 Å². The van der Waals surface area contributed by atoms with E-state index < -0.39 is 15.9 Å². The number of amides is 2. The molecular weight excluding hydrogens is 342 g/mol. The molecule has 138 valence electrons. The summed E-state index contributed by atoms with van der Waals surface area (Å²) in [5, 5.41) is 0. The van der Waals surface area contributed by atoms with Crippen molar-refractivity contribution in [3.05, 3.63) is 29.3 Å². The molecule has 2 amide bonds. The van der Waals surface area contributed by atoms with Gasteiger partial charge in [0.25, 0.3) is 0 Å². The predicted octanol–water partition coefficient (Wildman–Crippen LogP) is 0.696. The Morgan fingerprint density at radius 2 is 2.04 bits per heavy atom. The van der Waals surface area contributed by atoms with Gasteiger partial charge in [0.1, 0.15) is 0 Å². The summed E-state index contributed by atoms with van der Waals surface area (Å²) in [7, 11) is -3.66. The first-order chi connectivity index (χ1) is 11.7. The number of sulfonamides is 1. The Bertz CT molecular complexity index is 761. The number of nitrogens with two attached hydrogens (primary N) is 1. The summed E-state index contributed by atoms with van der Waals surface area (Å²) in [6, 6.07) is 5.22. The van der Waals surface area contributed by atoms with Crippen LogP contribution in [0.25, 0.3) is 0 Å². The van der Waals surface area contributed by atoms with Gasteiger partial charge in [-0.25, -0.2) is 13.1 Å². The van der Waals surface area contributed by atoms with Crippen molar-refractivity contribution in [3.63, 3.8) is 0 Å². The van der Waals surface area contributed by atoms with Crippen molar-refractivity contribution in [3.8, 4) is 0 Å². The lowest BCUT2D eigenvalue weighted by Gasteiger charge is -2.31. The highest BCUT2D eigenvalue weighted by molar-refractivity contribution is 7.89. The van der Waals surface area contributed by atoms with Crippen LogP contribution in [0.1, 0.15) is 30.4 Å². The van der Waals surface area contributed by atoms with Crippen LogP contribution < -0.4 is 10.5 Å². The minimum atomic E-state index is -3.66. The van der Waals surface area contributed by atoms with Gasteiger partial charge in [0.05, 0.1) is 10.8 Å². The third-order valence-electron chi connectivity index (χ3n) is 4.44. The summed E-state index contributed by atoms with van der Waals surface area (Å²) in [4.78, 5) is 25.3. The largest absolute Gasteiger partial charge is 0.369 e. The zero-order chi connectivity index (χ0) is 18.6. The van der Waals surface area contributed by atoms with Gasteiger partial charge in [-0.3, -0.25) is 9.59 Å². The lowest BCUT2D eigenvalue weighted by Crippen LogP contribution is -2.44. The zero-order valence-electron chi connectivity index (χ0n) is 14.6. The van der Waals surface area contributed by atoms with Crippen molar-refractivity contribution in [2.75, 3.05) is 19.6 Å². The number of carbonyl (C=O) groups is 2. The molecule has 1 fully saturated rings. The normalized spacial score (nSPS) is 18.2. The summed E-state index contributed by atoms with van der Waals surface area (Å²) < 4.78 is 27.3. The summed E-state index contributed by atoms with van der Waals surface area (Å²) in [5.41, 5.74) is 6.82. The first-order valence-corrected chi connectivity index (χ1v) is 9.83.